The predicted molar refractivity (Wildman–Crippen MR) is 60.8 cm³/mol. The molecule has 2 atom stereocenters. The number of nitrogens with one attached hydrogen (secondary N) is 1. The van der Waals surface area contributed by atoms with E-state index in [1.165, 1.54) is 6.92 Å². The van der Waals surface area contributed by atoms with Gasteiger partial charge in [0.25, 0.3) is 0 Å². The van der Waals surface area contributed by atoms with Crippen molar-refractivity contribution >= 4 is 11.9 Å². The Morgan fingerprint density at radius 3 is 2.56 bits per heavy atom. The largest absolute Gasteiger partial charge is 0.463 e. The highest BCUT2D eigenvalue weighted by Gasteiger charge is 2.29. The molecule has 1 N–H and O–H groups in total. The second-order valence-electron chi connectivity index (χ2n) is 4.75. The molecule has 0 aliphatic heterocycles. The van der Waals surface area contributed by atoms with Gasteiger partial charge in [0, 0.05) is 13.0 Å². The van der Waals surface area contributed by atoms with Crippen LogP contribution < -0.4 is 5.32 Å². The van der Waals surface area contributed by atoms with Crippen LogP contribution in [0.5, 0.6) is 0 Å². The molecule has 0 aromatic heterocycles. The Kier molecular flexibility index (Phi) is 4.77. The average Bonchev–Trinajstić information content (AvgIpc) is 2.16. The third-order valence-corrected chi connectivity index (χ3v) is 2.77. The molecular weight excluding hydrogens is 206 g/mol. The molecule has 4 heteroatoms. The molecule has 1 rings (SSSR count). The summed E-state index contributed by atoms with van der Waals surface area (Å²) in [7, 11) is 0. The van der Waals surface area contributed by atoms with Crippen LogP contribution in [0, 0.1) is 5.92 Å². The lowest BCUT2D eigenvalue weighted by Crippen LogP contribution is -2.39. The normalized spacial score (nSPS) is 25.2. The minimum absolute atomic E-state index is 0.0251. The molecule has 0 spiro atoms. The minimum Gasteiger partial charge on any atom is -0.463 e. The third-order valence-electron chi connectivity index (χ3n) is 2.77. The number of hydrogen-bond acceptors (Lipinski definition) is 3. The van der Waals surface area contributed by atoms with Gasteiger partial charge < -0.3 is 10.1 Å². The fraction of sp³-hybridized carbons (Fsp3) is 0.833. The van der Waals surface area contributed by atoms with E-state index in [0.717, 1.165) is 19.3 Å². The molecule has 0 aromatic carbocycles. The van der Waals surface area contributed by atoms with Gasteiger partial charge in [0.2, 0.25) is 5.91 Å². The summed E-state index contributed by atoms with van der Waals surface area (Å²) in [6.45, 7) is 5.22. The monoisotopic (exact) mass is 227 g/mol. The fourth-order valence-electron chi connectivity index (χ4n) is 2.15. The number of esters is 1. The molecule has 0 aromatic rings. The van der Waals surface area contributed by atoms with Gasteiger partial charge in [0.05, 0.1) is 12.0 Å². The molecule has 0 heterocycles. The Labute approximate surface area is 96.7 Å². The smallest absolute Gasteiger partial charge is 0.309 e. The summed E-state index contributed by atoms with van der Waals surface area (Å²) in [5.74, 6) is -0.194. The van der Waals surface area contributed by atoms with Crippen LogP contribution in [0.1, 0.15) is 46.5 Å². The van der Waals surface area contributed by atoms with Gasteiger partial charge in [0.1, 0.15) is 0 Å². The Morgan fingerprint density at radius 2 is 2.00 bits per heavy atom. The van der Waals surface area contributed by atoms with Gasteiger partial charge in [-0.3, -0.25) is 9.59 Å². The molecule has 1 saturated carbocycles. The summed E-state index contributed by atoms with van der Waals surface area (Å²) < 4.78 is 5.19. The van der Waals surface area contributed by atoms with Crippen LogP contribution in [0.4, 0.5) is 0 Å². The zero-order valence-electron chi connectivity index (χ0n) is 10.3. The highest BCUT2D eigenvalue weighted by Crippen LogP contribution is 2.25. The van der Waals surface area contributed by atoms with Gasteiger partial charge >= 0.3 is 5.97 Å². The quantitative estimate of drug-likeness (QED) is 0.746. The van der Waals surface area contributed by atoms with Crippen molar-refractivity contribution in [1.29, 1.82) is 0 Å². The van der Waals surface area contributed by atoms with Gasteiger partial charge in [-0.15, -0.1) is 0 Å². The maximum absolute atomic E-state index is 11.7. The molecule has 92 valence electrons. The third kappa shape index (κ3) is 4.21. The van der Waals surface area contributed by atoms with Gasteiger partial charge in [-0.25, -0.2) is 0 Å². The number of amides is 1. The SMILES string of the molecule is CC(=O)N[C@@H]1CCC[C@H](C(=O)OC(C)C)C1. The van der Waals surface area contributed by atoms with Crippen molar-refractivity contribution in [3.05, 3.63) is 0 Å². The Balaban J connectivity index is 2.43. The summed E-state index contributed by atoms with van der Waals surface area (Å²) in [6.07, 6.45) is 3.47. The summed E-state index contributed by atoms with van der Waals surface area (Å²) in [4.78, 5) is 22.6. The molecule has 0 bridgehead atoms. The second-order valence-corrected chi connectivity index (χ2v) is 4.75. The van der Waals surface area contributed by atoms with E-state index >= 15 is 0 Å². The number of ether oxygens (including phenoxy) is 1. The summed E-state index contributed by atoms with van der Waals surface area (Å²) in [5.41, 5.74) is 0. The van der Waals surface area contributed by atoms with Gasteiger partial charge in [-0.05, 0) is 33.1 Å². The first-order valence-corrected chi connectivity index (χ1v) is 5.96. The maximum Gasteiger partial charge on any atom is 0.309 e. The zero-order valence-corrected chi connectivity index (χ0v) is 10.3. The van der Waals surface area contributed by atoms with Gasteiger partial charge in [0.15, 0.2) is 0 Å². The Hall–Kier alpha value is -1.06. The van der Waals surface area contributed by atoms with Crippen LogP contribution >= 0.6 is 0 Å². The van der Waals surface area contributed by atoms with E-state index in [-0.39, 0.29) is 29.9 Å². The fourth-order valence-corrected chi connectivity index (χ4v) is 2.15. The Bertz CT molecular complexity index is 263. The van der Waals surface area contributed by atoms with E-state index in [1.807, 2.05) is 13.8 Å². The number of hydrogen-bond donors (Lipinski definition) is 1. The first kappa shape index (κ1) is 13.0. The lowest BCUT2D eigenvalue weighted by atomic mass is 9.85. The summed E-state index contributed by atoms with van der Waals surface area (Å²) in [5, 5.41) is 2.87. The van der Waals surface area contributed by atoms with Crippen LogP contribution in [-0.4, -0.2) is 24.0 Å². The molecule has 0 saturated heterocycles. The molecular formula is C12H21NO3. The van der Waals surface area contributed by atoms with E-state index < -0.39 is 0 Å². The number of rotatable bonds is 3. The van der Waals surface area contributed by atoms with Crippen molar-refractivity contribution in [1.82, 2.24) is 5.32 Å². The zero-order chi connectivity index (χ0) is 12.1. The highest BCUT2D eigenvalue weighted by molar-refractivity contribution is 5.74. The lowest BCUT2D eigenvalue weighted by molar-refractivity contribution is -0.154. The van der Waals surface area contributed by atoms with Crippen molar-refractivity contribution in [3.63, 3.8) is 0 Å². The molecule has 1 fully saturated rings. The first-order valence-electron chi connectivity index (χ1n) is 5.96. The van der Waals surface area contributed by atoms with Crippen LogP contribution in [0.3, 0.4) is 0 Å². The average molecular weight is 227 g/mol. The molecule has 1 aliphatic rings. The van der Waals surface area contributed by atoms with Gasteiger partial charge in [-0.2, -0.15) is 0 Å². The van der Waals surface area contributed by atoms with E-state index in [1.54, 1.807) is 0 Å². The Morgan fingerprint density at radius 1 is 1.31 bits per heavy atom. The highest BCUT2D eigenvalue weighted by atomic mass is 16.5. The lowest BCUT2D eigenvalue weighted by Gasteiger charge is -2.28. The van der Waals surface area contributed by atoms with E-state index in [9.17, 15) is 9.59 Å². The molecule has 1 amide bonds. The van der Waals surface area contributed by atoms with Crippen molar-refractivity contribution in [2.75, 3.05) is 0 Å². The second kappa shape index (κ2) is 5.87. The van der Waals surface area contributed by atoms with Gasteiger partial charge in [-0.1, -0.05) is 6.42 Å². The van der Waals surface area contributed by atoms with Crippen LogP contribution in [0.2, 0.25) is 0 Å². The van der Waals surface area contributed by atoms with Crippen LogP contribution in [-0.2, 0) is 14.3 Å². The predicted octanol–water partition coefficient (Wildman–Crippen LogP) is 1.63. The molecule has 0 radical (unpaired) electrons. The molecule has 0 unspecified atom stereocenters. The number of carbonyl (C=O) groups is 2. The first-order chi connectivity index (χ1) is 7.49. The van der Waals surface area contributed by atoms with E-state index in [0.29, 0.717) is 6.42 Å². The van der Waals surface area contributed by atoms with Crippen molar-refractivity contribution in [2.24, 2.45) is 5.92 Å². The van der Waals surface area contributed by atoms with E-state index in [2.05, 4.69) is 5.32 Å². The molecule has 1 aliphatic carbocycles. The summed E-state index contributed by atoms with van der Waals surface area (Å²) in [6, 6.07) is 0.135. The minimum atomic E-state index is -0.120. The molecule has 4 nitrogen and oxygen atoms in total. The van der Waals surface area contributed by atoms with Crippen LogP contribution in [0.15, 0.2) is 0 Å². The number of carbonyl (C=O) groups excluding carboxylic acids is 2. The van der Waals surface area contributed by atoms with E-state index in [4.69, 9.17) is 4.74 Å². The van der Waals surface area contributed by atoms with Crippen molar-refractivity contribution < 1.29 is 14.3 Å². The van der Waals surface area contributed by atoms with Crippen LogP contribution in [0.25, 0.3) is 0 Å². The standard InChI is InChI=1S/C12H21NO3/c1-8(2)16-12(15)10-5-4-6-11(7-10)13-9(3)14/h8,10-11H,4-7H2,1-3H3,(H,13,14)/t10-,11+/m0/s1. The van der Waals surface area contributed by atoms with Crippen molar-refractivity contribution in [2.45, 2.75) is 58.6 Å². The molecule has 16 heavy (non-hydrogen) atoms. The topological polar surface area (TPSA) is 55.4 Å². The van der Waals surface area contributed by atoms with Crippen molar-refractivity contribution in [3.8, 4) is 0 Å². The summed E-state index contributed by atoms with van der Waals surface area (Å²) >= 11 is 0. The maximum atomic E-state index is 11.7.